The number of halogens is 5. The van der Waals surface area contributed by atoms with Crippen molar-refractivity contribution in [3.05, 3.63) is 34.1 Å². The van der Waals surface area contributed by atoms with Crippen molar-refractivity contribution in [1.82, 2.24) is 15.5 Å². The van der Waals surface area contributed by atoms with E-state index in [0.717, 1.165) is 11.3 Å². The molecule has 0 amide bonds. The van der Waals surface area contributed by atoms with Crippen molar-refractivity contribution < 1.29 is 22.0 Å². The maximum absolute atomic E-state index is 13.6. The topological polar surface area (TPSA) is 37.8 Å². The van der Waals surface area contributed by atoms with E-state index in [-0.39, 0.29) is 5.01 Å². The zero-order valence-electron chi connectivity index (χ0n) is 10.1. The van der Waals surface area contributed by atoms with Gasteiger partial charge in [0.05, 0.1) is 5.56 Å². The molecule has 0 radical (unpaired) electrons. The van der Waals surface area contributed by atoms with Crippen LogP contribution in [0.5, 0.6) is 0 Å². The molecule has 0 aliphatic rings. The summed E-state index contributed by atoms with van der Waals surface area (Å²) in [5.41, 5.74) is -1.05. The van der Waals surface area contributed by atoms with Gasteiger partial charge in [0.1, 0.15) is 5.01 Å². The van der Waals surface area contributed by atoms with Crippen molar-refractivity contribution in [2.75, 3.05) is 13.6 Å². The molecule has 108 valence electrons. The van der Waals surface area contributed by atoms with Gasteiger partial charge in [0.25, 0.3) is 0 Å². The maximum Gasteiger partial charge on any atom is 0.200 e. The van der Waals surface area contributed by atoms with Crippen LogP contribution in [0.4, 0.5) is 22.0 Å². The molecule has 1 heterocycles. The molecule has 0 unspecified atom stereocenters. The molecule has 0 bridgehead atoms. The molecule has 0 saturated heterocycles. The van der Waals surface area contributed by atoms with Gasteiger partial charge in [-0.05, 0) is 7.05 Å². The van der Waals surface area contributed by atoms with Crippen LogP contribution in [0.3, 0.4) is 0 Å². The Bertz CT molecular complexity index is 614. The molecular formula is C11H8F5N3S. The second-order valence-electron chi connectivity index (χ2n) is 3.80. The van der Waals surface area contributed by atoms with Crippen LogP contribution in [0.1, 0.15) is 5.01 Å². The molecule has 1 N–H and O–H groups in total. The molecule has 3 nitrogen and oxygen atoms in total. The quantitative estimate of drug-likeness (QED) is 0.536. The van der Waals surface area contributed by atoms with E-state index in [9.17, 15) is 22.0 Å². The summed E-state index contributed by atoms with van der Waals surface area (Å²) in [6, 6.07) is 0. The minimum Gasteiger partial charge on any atom is -0.319 e. The van der Waals surface area contributed by atoms with Crippen LogP contribution >= 0.6 is 11.3 Å². The number of nitrogens with one attached hydrogen (secondary N) is 1. The fraction of sp³-hybridized carbons (Fsp3) is 0.273. The summed E-state index contributed by atoms with van der Waals surface area (Å²) in [6.07, 6.45) is 0.434. The van der Waals surface area contributed by atoms with Crippen LogP contribution in [0.15, 0.2) is 0 Å². The SMILES string of the molecule is CNCCc1nnc(-c2c(F)c(F)c(F)c(F)c2F)s1. The summed E-state index contributed by atoms with van der Waals surface area (Å²) in [5.74, 6) is -9.99. The summed E-state index contributed by atoms with van der Waals surface area (Å²) in [5, 5.41) is 10.0. The minimum absolute atomic E-state index is 0.344. The number of likely N-dealkylation sites (N-methyl/N-ethyl adjacent to an activating group) is 1. The number of hydrogen-bond donors (Lipinski definition) is 1. The van der Waals surface area contributed by atoms with Crippen molar-refractivity contribution >= 4 is 11.3 Å². The highest BCUT2D eigenvalue weighted by atomic mass is 32.1. The Labute approximate surface area is 114 Å². The van der Waals surface area contributed by atoms with Gasteiger partial charge in [0, 0.05) is 13.0 Å². The van der Waals surface area contributed by atoms with E-state index in [4.69, 9.17) is 0 Å². The largest absolute Gasteiger partial charge is 0.319 e. The second-order valence-corrected chi connectivity index (χ2v) is 4.86. The van der Waals surface area contributed by atoms with Crippen molar-refractivity contribution in [3.8, 4) is 10.6 Å². The monoisotopic (exact) mass is 309 g/mol. The number of benzene rings is 1. The third-order valence-electron chi connectivity index (χ3n) is 2.48. The molecule has 9 heteroatoms. The van der Waals surface area contributed by atoms with Crippen molar-refractivity contribution in [2.45, 2.75) is 6.42 Å². The number of nitrogens with zero attached hydrogens (tertiary/aromatic N) is 2. The third kappa shape index (κ3) is 2.50. The number of hydrogen-bond acceptors (Lipinski definition) is 4. The Balaban J connectivity index is 2.50. The fourth-order valence-corrected chi connectivity index (χ4v) is 2.35. The van der Waals surface area contributed by atoms with Gasteiger partial charge in [-0.2, -0.15) is 0 Å². The van der Waals surface area contributed by atoms with Crippen molar-refractivity contribution in [3.63, 3.8) is 0 Å². The first-order chi connectivity index (χ1) is 9.47. The van der Waals surface area contributed by atoms with E-state index in [2.05, 4.69) is 15.5 Å². The molecule has 0 fully saturated rings. The van der Waals surface area contributed by atoms with Crippen LogP contribution in [-0.4, -0.2) is 23.8 Å². The van der Waals surface area contributed by atoms with Gasteiger partial charge in [-0.3, -0.25) is 0 Å². The van der Waals surface area contributed by atoms with Gasteiger partial charge in [-0.15, -0.1) is 10.2 Å². The van der Waals surface area contributed by atoms with E-state index < -0.39 is 34.6 Å². The molecule has 0 aliphatic heterocycles. The third-order valence-corrected chi connectivity index (χ3v) is 3.48. The lowest BCUT2D eigenvalue weighted by Gasteiger charge is -2.04. The summed E-state index contributed by atoms with van der Waals surface area (Å²) in [4.78, 5) is 0. The highest BCUT2D eigenvalue weighted by Crippen LogP contribution is 2.33. The number of rotatable bonds is 4. The molecule has 0 aliphatic carbocycles. The molecule has 2 aromatic rings. The van der Waals surface area contributed by atoms with Crippen LogP contribution in [0.2, 0.25) is 0 Å². The van der Waals surface area contributed by atoms with E-state index >= 15 is 0 Å². The van der Waals surface area contributed by atoms with Gasteiger partial charge in [0.15, 0.2) is 28.3 Å². The predicted octanol–water partition coefficient (Wildman–Crippen LogP) is 2.66. The Morgan fingerprint density at radius 2 is 1.45 bits per heavy atom. The predicted molar refractivity (Wildman–Crippen MR) is 62.8 cm³/mol. The molecule has 20 heavy (non-hydrogen) atoms. The van der Waals surface area contributed by atoms with Gasteiger partial charge in [-0.25, -0.2) is 22.0 Å². The molecule has 0 spiro atoms. The van der Waals surface area contributed by atoms with E-state index in [1.807, 2.05) is 0 Å². The van der Waals surface area contributed by atoms with Crippen molar-refractivity contribution in [1.29, 1.82) is 0 Å². The first-order valence-electron chi connectivity index (χ1n) is 5.46. The number of aromatic nitrogens is 2. The first kappa shape index (κ1) is 14.8. The minimum atomic E-state index is -2.19. The highest BCUT2D eigenvalue weighted by molar-refractivity contribution is 7.14. The van der Waals surface area contributed by atoms with E-state index in [1.165, 1.54) is 0 Å². The average Bonchev–Trinajstić information content (AvgIpc) is 2.89. The zero-order chi connectivity index (χ0) is 14.9. The fourth-order valence-electron chi connectivity index (χ4n) is 1.48. The van der Waals surface area contributed by atoms with Crippen molar-refractivity contribution in [2.24, 2.45) is 0 Å². The molecule has 0 saturated carbocycles. The Morgan fingerprint density at radius 1 is 0.900 bits per heavy atom. The zero-order valence-corrected chi connectivity index (χ0v) is 10.9. The molecular weight excluding hydrogens is 301 g/mol. The Kier molecular flexibility index (Phi) is 4.29. The lowest BCUT2D eigenvalue weighted by atomic mass is 10.2. The molecule has 2 rings (SSSR count). The lowest BCUT2D eigenvalue weighted by molar-refractivity contribution is 0.381. The maximum atomic E-state index is 13.6. The smallest absolute Gasteiger partial charge is 0.200 e. The van der Waals surface area contributed by atoms with Gasteiger partial charge >= 0.3 is 0 Å². The molecule has 1 aromatic carbocycles. The van der Waals surface area contributed by atoms with Crippen LogP contribution < -0.4 is 5.32 Å². The van der Waals surface area contributed by atoms with Crippen LogP contribution in [0, 0.1) is 29.1 Å². The van der Waals surface area contributed by atoms with E-state index in [1.54, 1.807) is 7.05 Å². The molecule has 1 aromatic heterocycles. The van der Waals surface area contributed by atoms with Crippen LogP contribution in [0.25, 0.3) is 10.6 Å². The first-order valence-corrected chi connectivity index (χ1v) is 6.27. The average molecular weight is 309 g/mol. The normalized spacial score (nSPS) is 11.1. The summed E-state index contributed by atoms with van der Waals surface area (Å²) in [6.45, 7) is 0.547. The summed E-state index contributed by atoms with van der Waals surface area (Å²) in [7, 11) is 1.70. The summed E-state index contributed by atoms with van der Waals surface area (Å²) < 4.78 is 66.2. The second kappa shape index (κ2) is 5.80. The van der Waals surface area contributed by atoms with Gasteiger partial charge < -0.3 is 5.32 Å². The van der Waals surface area contributed by atoms with Crippen LogP contribution in [-0.2, 0) is 6.42 Å². The summed E-state index contributed by atoms with van der Waals surface area (Å²) >= 11 is 0.780. The highest BCUT2D eigenvalue weighted by Gasteiger charge is 2.28. The van der Waals surface area contributed by atoms with Gasteiger partial charge in [-0.1, -0.05) is 11.3 Å². The van der Waals surface area contributed by atoms with E-state index in [0.29, 0.717) is 18.0 Å². The standard InChI is InChI=1S/C11H8F5N3S/c1-17-3-2-4-18-19-11(20-4)5-6(12)8(14)10(16)9(15)7(5)13/h17H,2-3H2,1H3. The van der Waals surface area contributed by atoms with Gasteiger partial charge in [0.2, 0.25) is 5.82 Å². The lowest BCUT2D eigenvalue weighted by Crippen LogP contribution is -2.09. The Hall–Kier alpha value is -1.61. The Morgan fingerprint density at radius 3 is 2.00 bits per heavy atom. The molecule has 0 atom stereocenters.